The second-order valence-electron chi connectivity index (χ2n) is 8.14. The summed E-state index contributed by atoms with van der Waals surface area (Å²) >= 11 is 12.0. The number of nitrogens with one attached hydrogen (secondary N) is 2. The third-order valence-corrected chi connectivity index (χ3v) is 5.96. The van der Waals surface area contributed by atoms with Crippen LogP contribution in [-0.4, -0.2) is 21.5 Å². The Bertz CT molecular complexity index is 930. The maximum atomic E-state index is 10.3. The molecular formula is C21H23ClN2O2S. The number of ether oxygens (including phenoxy) is 1. The molecule has 2 atom stereocenters. The van der Waals surface area contributed by atoms with Gasteiger partial charge in [0.05, 0.1) is 0 Å². The summed E-state index contributed by atoms with van der Waals surface area (Å²) in [5.74, 6) is 0.963. The van der Waals surface area contributed by atoms with E-state index in [0.717, 1.165) is 28.1 Å². The molecule has 1 spiro atoms. The van der Waals surface area contributed by atoms with E-state index in [1.807, 2.05) is 31.2 Å². The van der Waals surface area contributed by atoms with Gasteiger partial charge in [-0.3, -0.25) is 0 Å². The fourth-order valence-corrected chi connectivity index (χ4v) is 5.09. The lowest BCUT2D eigenvalue weighted by Gasteiger charge is -2.51. The Morgan fingerprint density at radius 2 is 1.89 bits per heavy atom. The SMILES string of the molecule is Cc1c(O)ccc2c1O[C@@]1(C[C@H]2c2ccccc2Cl)CC(C)(C)NC(=S)N1. The van der Waals surface area contributed by atoms with Crippen LogP contribution in [0.5, 0.6) is 11.5 Å². The van der Waals surface area contributed by atoms with Crippen LogP contribution in [0.3, 0.4) is 0 Å². The van der Waals surface area contributed by atoms with E-state index in [1.54, 1.807) is 6.07 Å². The van der Waals surface area contributed by atoms with Crippen molar-refractivity contribution in [3.8, 4) is 11.5 Å². The minimum atomic E-state index is -0.665. The van der Waals surface area contributed by atoms with Crippen molar-refractivity contribution in [1.29, 1.82) is 0 Å². The summed E-state index contributed by atoms with van der Waals surface area (Å²) in [6.45, 7) is 6.10. The van der Waals surface area contributed by atoms with Gasteiger partial charge in [0.2, 0.25) is 0 Å². The van der Waals surface area contributed by atoms with Crippen molar-refractivity contribution in [1.82, 2.24) is 10.6 Å². The molecule has 2 aliphatic rings. The average Bonchev–Trinajstić information content (AvgIpc) is 2.56. The zero-order valence-corrected chi connectivity index (χ0v) is 17.2. The third kappa shape index (κ3) is 3.23. The van der Waals surface area contributed by atoms with Crippen molar-refractivity contribution in [2.24, 2.45) is 0 Å². The summed E-state index contributed by atoms with van der Waals surface area (Å²) in [6, 6.07) is 11.6. The van der Waals surface area contributed by atoms with Crippen LogP contribution >= 0.6 is 23.8 Å². The molecule has 2 aliphatic heterocycles. The predicted molar refractivity (Wildman–Crippen MR) is 112 cm³/mol. The lowest BCUT2D eigenvalue weighted by molar-refractivity contribution is -0.0134. The molecule has 0 aromatic heterocycles. The molecule has 2 aromatic carbocycles. The van der Waals surface area contributed by atoms with Crippen LogP contribution in [0, 0.1) is 6.92 Å². The molecule has 0 amide bonds. The molecule has 4 nitrogen and oxygen atoms in total. The highest BCUT2D eigenvalue weighted by Gasteiger charge is 2.49. The second kappa shape index (κ2) is 6.28. The standard InChI is InChI=1S/C21H23ClN2O2S/c1-12-17(25)9-8-14-15(13-6-4-5-7-16(13)22)10-21(26-18(12)14)11-20(2,3)23-19(27)24-21/h4-9,15,25H,10-11H2,1-3H3,(H2,23,24,27)/t15-,21-/m0/s1. The average molecular weight is 403 g/mol. The predicted octanol–water partition coefficient (Wildman–Crippen LogP) is 4.61. The number of hydrogen-bond donors (Lipinski definition) is 3. The van der Waals surface area contributed by atoms with Gasteiger partial charge < -0.3 is 20.5 Å². The highest BCUT2D eigenvalue weighted by Crippen LogP contribution is 2.50. The molecular weight excluding hydrogens is 380 g/mol. The van der Waals surface area contributed by atoms with Crippen LogP contribution in [0.15, 0.2) is 36.4 Å². The topological polar surface area (TPSA) is 53.5 Å². The van der Waals surface area contributed by atoms with Crippen LogP contribution in [0.4, 0.5) is 0 Å². The maximum absolute atomic E-state index is 10.3. The minimum Gasteiger partial charge on any atom is -0.508 e. The van der Waals surface area contributed by atoms with Crippen LogP contribution in [0.25, 0.3) is 0 Å². The second-order valence-corrected chi connectivity index (χ2v) is 8.96. The Morgan fingerprint density at radius 1 is 1.15 bits per heavy atom. The summed E-state index contributed by atoms with van der Waals surface area (Å²) in [4.78, 5) is 0. The molecule has 2 heterocycles. The monoisotopic (exact) mass is 402 g/mol. The normalized spacial score (nSPS) is 25.9. The molecule has 2 aromatic rings. The molecule has 0 saturated carbocycles. The van der Waals surface area contributed by atoms with E-state index in [0.29, 0.717) is 17.3 Å². The van der Waals surface area contributed by atoms with Crippen LogP contribution in [0.1, 0.15) is 49.3 Å². The summed E-state index contributed by atoms with van der Waals surface area (Å²) in [6.07, 6.45) is 1.41. The van der Waals surface area contributed by atoms with E-state index in [4.69, 9.17) is 28.6 Å². The number of phenols is 1. The Kier molecular flexibility index (Phi) is 4.28. The van der Waals surface area contributed by atoms with E-state index < -0.39 is 5.72 Å². The van der Waals surface area contributed by atoms with E-state index in [9.17, 15) is 5.11 Å². The zero-order valence-electron chi connectivity index (χ0n) is 15.6. The summed E-state index contributed by atoms with van der Waals surface area (Å²) in [7, 11) is 0. The first kappa shape index (κ1) is 18.4. The highest BCUT2D eigenvalue weighted by atomic mass is 35.5. The summed E-state index contributed by atoms with van der Waals surface area (Å²) in [5.41, 5.74) is 1.94. The zero-order chi connectivity index (χ0) is 19.4. The lowest BCUT2D eigenvalue weighted by Crippen LogP contribution is -2.69. The fraction of sp³-hybridized carbons (Fsp3) is 0.381. The minimum absolute atomic E-state index is 0.0333. The molecule has 0 unspecified atom stereocenters. The molecule has 3 N–H and O–H groups in total. The smallest absolute Gasteiger partial charge is 0.185 e. The van der Waals surface area contributed by atoms with Crippen LogP contribution in [-0.2, 0) is 0 Å². The van der Waals surface area contributed by atoms with Gasteiger partial charge >= 0.3 is 0 Å². The van der Waals surface area contributed by atoms with Gasteiger partial charge in [-0.25, -0.2) is 0 Å². The van der Waals surface area contributed by atoms with Crippen molar-refractivity contribution in [2.75, 3.05) is 0 Å². The Hall–Kier alpha value is -1.98. The van der Waals surface area contributed by atoms with E-state index in [1.165, 1.54) is 0 Å². The van der Waals surface area contributed by atoms with Crippen molar-refractivity contribution < 1.29 is 9.84 Å². The molecule has 27 heavy (non-hydrogen) atoms. The molecule has 0 bridgehead atoms. The largest absolute Gasteiger partial charge is 0.508 e. The van der Waals surface area contributed by atoms with Gasteiger partial charge in [-0.05, 0) is 50.7 Å². The number of fused-ring (bicyclic) bond motifs is 1. The summed E-state index contributed by atoms with van der Waals surface area (Å²) in [5, 5.41) is 18.2. The highest BCUT2D eigenvalue weighted by molar-refractivity contribution is 7.80. The molecule has 1 saturated heterocycles. The molecule has 142 valence electrons. The van der Waals surface area contributed by atoms with Gasteiger partial charge in [-0.15, -0.1) is 0 Å². The van der Waals surface area contributed by atoms with Gasteiger partial charge in [0.1, 0.15) is 11.5 Å². The molecule has 0 radical (unpaired) electrons. The quantitative estimate of drug-likeness (QED) is 0.608. The number of aromatic hydroxyl groups is 1. The maximum Gasteiger partial charge on any atom is 0.185 e. The Labute approximate surface area is 169 Å². The molecule has 1 fully saturated rings. The Morgan fingerprint density at radius 3 is 2.59 bits per heavy atom. The van der Waals surface area contributed by atoms with Gasteiger partial charge in [-0.1, -0.05) is 35.9 Å². The first-order valence-corrected chi connectivity index (χ1v) is 9.85. The van der Waals surface area contributed by atoms with Crippen molar-refractivity contribution >= 4 is 28.9 Å². The van der Waals surface area contributed by atoms with E-state index >= 15 is 0 Å². The van der Waals surface area contributed by atoms with Crippen LogP contribution < -0.4 is 15.4 Å². The van der Waals surface area contributed by atoms with E-state index in [2.05, 4.69) is 30.5 Å². The molecule has 0 aliphatic carbocycles. The van der Waals surface area contributed by atoms with Crippen molar-refractivity contribution in [3.05, 3.63) is 58.1 Å². The number of phenolic OH excluding ortho intramolecular Hbond substituents is 1. The number of benzene rings is 2. The number of halogens is 1. The van der Waals surface area contributed by atoms with Gasteiger partial charge in [0.25, 0.3) is 0 Å². The number of hydrogen-bond acceptors (Lipinski definition) is 3. The molecule has 4 rings (SSSR count). The van der Waals surface area contributed by atoms with Crippen LogP contribution in [0.2, 0.25) is 5.02 Å². The molecule has 6 heteroatoms. The van der Waals surface area contributed by atoms with Gasteiger partial charge in [0.15, 0.2) is 10.8 Å². The third-order valence-electron chi connectivity index (χ3n) is 5.42. The first-order valence-electron chi connectivity index (χ1n) is 9.06. The summed E-state index contributed by atoms with van der Waals surface area (Å²) < 4.78 is 6.53. The lowest BCUT2D eigenvalue weighted by atomic mass is 9.76. The van der Waals surface area contributed by atoms with E-state index in [-0.39, 0.29) is 17.2 Å². The Balaban J connectivity index is 1.89. The van der Waals surface area contributed by atoms with Crippen molar-refractivity contribution in [3.63, 3.8) is 0 Å². The fourth-order valence-electron chi connectivity index (χ4n) is 4.36. The number of thiocarbonyl (C=S) groups is 1. The van der Waals surface area contributed by atoms with Gasteiger partial charge in [-0.2, -0.15) is 0 Å². The van der Waals surface area contributed by atoms with Gasteiger partial charge in [0, 0.05) is 40.4 Å². The first-order chi connectivity index (χ1) is 12.7. The number of rotatable bonds is 1. The van der Waals surface area contributed by atoms with Crippen molar-refractivity contribution in [2.45, 2.75) is 50.8 Å².